The van der Waals surface area contributed by atoms with Crippen LogP contribution in [0.4, 0.5) is 0 Å². The monoisotopic (exact) mass is 402 g/mol. The molecule has 0 aromatic heterocycles. The van der Waals surface area contributed by atoms with E-state index in [9.17, 15) is 9.59 Å². The van der Waals surface area contributed by atoms with Crippen molar-refractivity contribution in [3.05, 3.63) is 0 Å². The molecule has 2 atom stereocenters. The number of aliphatic hydroxyl groups is 2. The Labute approximate surface area is 171 Å². The van der Waals surface area contributed by atoms with Crippen LogP contribution in [0, 0.1) is 0 Å². The zero-order valence-corrected chi connectivity index (χ0v) is 18.0. The summed E-state index contributed by atoms with van der Waals surface area (Å²) in [7, 11) is 0. The molecule has 0 aromatic carbocycles. The third kappa shape index (κ3) is 18.2. The Bertz CT molecular complexity index is 349. The highest BCUT2D eigenvalue weighted by Crippen LogP contribution is 2.12. The van der Waals surface area contributed by atoms with Crippen LogP contribution in [-0.2, 0) is 19.1 Å². The Morgan fingerprint density at radius 2 is 0.964 bits per heavy atom. The lowest BCUT2D eigenvalue weighted by Gasteiger charge is -2.13. The van der Waals surface area contributed by atoms with Gasteiger partial charge in [0.2, 0.25) is 0 Å². The molecule has 0 aliphatic rings. The smallest absolute Gasteiger partial charge is 0.306 e. The number of carbonyl (C=O) groups excluding carboxylic acids is 2. The highest BCUT2D eigenvalue weighted by molar-refractivity contribution is 5.69. The third-order valence-corrected chi connectivity index (χ3v) is 4.71. The summed E-state index contributed by atoms with van der Waals surface area (Å²) >= 11 is 0. The summed E-state index contributed by atoms with van der Waals surface area (Å²) in [6, 6.07) is 0. The molecule has 6 heteroatoms. The van der Waals surface area contributed by atoms with E-state index in [2.05, 4.69) is 0 Å². The third-order valence-electron chi connectivity index (χ3n) is 4.71. The largest absolute Gasteiger partial charge is 0.463 e. The average Bonchev–Trinajstić information content (AvgIpc) is 2.64. The molecule has 0 rings (SSSR count). The molecule has 0 aromatic rings. The second kappa shape index (κ2) is 19.2. The Morgan fingerprint density at radius 3 is 1.32 bits per heavy atom. The van der Waals surface area contributed by atoms with Crippen molar-refractivity contribution in [1.29, 1.82) is 0 Å². The van der Waals surface area contributed by atoms with Gasteiger partial charge in [0.05, 0.1) is 12.2 Å². The zero-order chi connectivity index (χ0) is 21.0. The molecular formula is C22H42O6. The van der Waals surface area contributed by atoms with Gasteiger partial charge in [-0.3, -0.25) is 9.59 Å². The van der Waals surface area contributed by atoms with E-state index in [1.807, 2.05) is 13.8 Å². The number of hydrogen-bond donors (Lipinski definition) is 2. The lowest BCUT2D eigenvalue weighted by molar-refractivity contribution is -0.149. The predicted molar refractivity (Wildman–Crippen MR) is 110 cm³/mol. The van der Waals surface area contributed by atoms with Crippen molar-refractivity contribution in [2.45, 2.75) is 116 Å². The van der Waals surface area contributed by atoms with Crippen LogP contribution in [0.2, 0.25) is 0 Å². The summed E-state index contributed by atoms with van der Waals surface area (Å²) in [4.78, 5) is 23.5. The van der Waals surface area contributed by atoms with Gasteiger partial charge in [-0.05, 0) is 65.2 Å². The SMILES string of the molecule is CC(CCCCO)OC(=O)CCCCCCCCC(=O)OC(C)CCCCO. The maximum absolute atomic E-state index is 11.7. The maximum Gasteiger partial charge on any atom is 0.306 e. The van der Waals surface area contributed by atoms with E-state index in [0.29, 0.717) is 12.8 Å². The first-order valence-electron chi connectivity index (χ1n) is 11.1. The number of aliphatic hydroxyl groups excluding tert-OH is 2. The first kappa shape index (κ1) is 26.9. The van der Waals surface area contributed by atoms with Crippen LogP contribution in [0.3, 0.4) is 0 Å². The van der Waals surface area contributed by atoms with Crippen LogP contribution >= 0.6 is 0 Å². The molecule has 2 N–H and O–H groups in total. The van der Waals surface area contributed by atoms with Gasteiger partial charge in [0.15, 0.2) is 0 Å². The molecule has 0 amide bonds. The summed E-state index contributed by atoms with van der Waals surface area (Å²) in [6.07, 6.45) is 11.5. The minimum absolute atomic E-state index is 0.0730. The van der Waals surface area contributed by atoms with E-state index < -0.39 is 0 Å². The van der Waals surface area contributed by atoms with E-state index in [-0.39, 0.29) is 37.4 Å². The van der Waals surface area contributed by atoms with Crippen LogP contribution in [0.5, 0.6) is 0 Å². The molecule has 166 valence electrons. The normalized spacial score (nSPS) is 13.1. The van der Waals surface area contributed by atoms with Gasteiger partial charge in [-0.15, -0.1) is 0 Å². The summed E-state index contributed by atoms with van der Waals surface area (Å²) < 4.78 is 10.7. The van der Waals surface area contributed by atoms with E-state index in [1.54, 1.807) is 0 Å². The molecule has 0 bridgehead atoms. The van der Waals surface area contributed by atoms with Crippen molar-refractivity contribution in [3.63, 3.8) is 0 Å². The Balaban J connectivity index is 3.47. The highest BCUT2D eigenvalue weighted by Gasteiger charge is 2.10. The molecule has 0 fully saturated rings. The highest BCUT2D eigenvalue weighted by atomic mass is 16.5. The average molecular weight is 403 g/mol. The topological polar surface area (TPSA) is 93.1 Å². The number of hydrogen-bond acceptors (Lipinski definition) is 6. The molecular weight excluding hydrogens is 360 g/mol. The fourth-order valence-electron chi connectivity index (χ4n) is 3.02. The predicted octanol–water partition coefficient (Wildman–Crippen LogP) is 4.30. The van der Waals surface area contributed by atoms with Crippen LogP contribution in [0.25, 0.3) is 0 Å². The summed E-state index contributed by atoms with van der Waals surface area (Å²) in [5.74, 6) is -0.264. The van der Waals surface area contributed by atoms with Gasteiger partial charge in [-0.2, -0.15) is 0 Å². The molecule has 0 aliphatic heterocycles. The molecule has 6 nitrogen and oxygen atoms in total. The molecule has 0 saturated carbocycles. The van der Waals surface area contributed by atoms with Crippen molar-refractivity contribution in [3.8, 4) is 0 Å². The number of ether oxygens (including phenoxy) is 2. The van der Waals surface area contributed by atoms with Crippen molar-refractivity contribution >= 4 is 11.9 Å². The zero-order valence-electron chi connectivity index (χ0n) is 18.0. The number of unbranched alkanes of at least 4 members (excludes halogenated alkanes) is 7. The lowest BCUT2D eigenvalue weighted by atomic mass is 10.1. The van der Waals surface area contributed by atoms with E-state index in [4.69, 9.17) is 19.7 Å². The standard InChI is InChI=1S/C22H42O6/c1-19(13-9-11-17-23)27-21(25)15-7-5-3-4-6-8-16-22(26)28-20(2)14-10-12-18-24/h19-20,23-24H,3-18H2,1-2H3. The van der Waals surface area contributed by atoms with Gasteiger partial charge in [0.1, 0.15) is 0 Å². The van der Waals surface area contributed by atoms with Crippen molar-refractivity contribution in [2.24, 2.45) is 0 Å². The number of esters is 2. The summed E-state index contributed by atoms with van der Waals surface area (Å²) in [6.45, 7) is 4.17. The Morgan fingerprint density at radius 1 is 0.607 bits per heavy atom. The first-order chi connectivity index (χ1) is 13.5. The van der Waals surface area contributed by atoms with E-state index >= 15 is 0 Å². The molecule has 0 aliphatic carbocycles. The van der Waals surface area contributed by atoms with E-state index in [1.165, 1.54) is 0 Å². The van der Waals surface area contributed by atoms with Crippen LogP contribution in [-0.4, -0.2) is 47.6 Å². The van der Waals surface area contributed by atoms with Crippen LogP contribution < -0.4 is 0 Å². The van der Waals surface area contributed by atoms with Crippen molar-refractivity contribution in [2.75, 3.05) is 13.2 Å². The fraction of sp³-hybridized carbons (Fsp3) is 0.909. The Hall–Kier alpha value is -1.14. The molecule has 28 heavy (non-hydrogen) atoms. The molecule has 0 spiro atoms. The molecule has 0 heterocycles. The summed E-state index contributed by atoms with van der Waals surface area (Å²) in [5, 5.41) is 17.5. The van der Waals surface area contributed by atoms with Gasteiger partial charge in [-0.25, -0.2) is 0 Å². The van der Waals surface area contributed by atoms with Gasteiger partial charge < -0.3 is 19.7 Å². The second-order valence-electron chi connectivity index (χ2n) is 7.66. The number of rotatable bonds is 19. The second-order valence-corrected chi connectivity index (χ2v) is 7.66. The van der Waals surface area contributed by atoms with Gasteiger partial charge in [0.25, 0.3) is 0 Å². The van der Waals surface area contributed by atoms with Crippen LogP contribution in [0.15, 0.2) is 0 Å². The molecule has 0 saturated heterocycles. The summed E-state index contributed by atoms with van der Waals surface area (Å²) in [5.41, 5.74) is 0. The molecule has 0 radical (unpaired) electrons. The van der Waals surface area contributed by atoms with Crippen molar-refractivity contribution < 1.29 is 29.3 Å². The van der Waals surface area contributed by atoms with Gasteiger partial charge in [-0.1, -0.05) is 25.7 Å². The van der Waals surface area contributed by atoms with Gasteiger partial charge in [0, 0.05) is 26.1 Å². The van der Waals surface area contributed by atoms with Crippen LogP contribution in [0.1, 0.15) is 104 Å². The molecule has 2 unspecified atom stereocenters. The lowest BCUT2D eigenvalue weighted by Crippen LogP contribution is -2.14. The maximum atomic E-state index is 11.7. The van der Waals surface area contributed by atoms with Crippen molar-refractivity contribution in [1.82, 2.24) is 0 Å². The first-order valence-corrected chi connectivity index (χ1v) is 11.1. The Kier molecular flexibility index (Phi) is 18.4. The quantitative estimate of drug-likeness (QED) is 0.247. The minimum atomic E-state index is -0.132. The van der Waals surface area contributed by atoms with E-state index in [0.717, 1.165) is 77.0 Å². The number of carbonyl (C=O) groups is 2. The fourth-order valence-corrected chi connectivity index (χ4v) is 3.02. The minimum Gasteiger partial charge on any atom is -0.463 e. The van der Waals surface area contributed by atoms with Gasteiger partial charge >= 0.3 is 11.9 Å².